The van der Waals surface area contributed by atoms with Gasteiger partial charge in [-0.25, -0.2) is 9.59 Å². The number of rotatable bonds is 8. The molecule has 1 aromatic rings. The van der Waals surface area contributed by atoms with E-state index < -0.39 is 17.8 Å². The summed E-state index contributed by atoms with van der Waals surface area (Å²) in [6, 6.07) is 9.22. The molecule has 1 fully saturated rings. The molecule has 8 nitrogen and oxygen atoms in total. The van der Waals surface area contributed by atoms with Crippen LogP contribution in [-0.2, 0) is 25.6 Å². The zero-order chi connectivity index (χ0) is 22.9. The Balaban J connectivity index is 2.02. The number of carbonyl (C=O) groups excluding carboxylic acids is 2. The van der Waals surface area contributed by atoms with Crippen LogP contribution in [0.15, 0.2) is 30.3 Å². The summed E-state index contributed by atoms with van der Waals surface area (Å²) in [5, 5.41) is 2.76. The number of amides is 2. The van der Waals surface area contributed by atoms with Gasteiger partial charge in [-0.1, -0.05) is 30.3 Å². The number of hydrogen-bond acceptors (Lipinski definition) is 6. The van der Waals surface area contributed by atoms with Crippen LogP contribution in [-0.4, -0.2) is 61.3 Å². The Bertz CT molecular complexity index is 691. The number of nitrogens with zero attached hydrogens (tertiary/aromatic N) is 1. The number of benzene rings is 1. The molecule has 31 heavy (non-hydrogen) atoms. The lowest BCUT2D eigenvalue weighted by atomic mass is 9.93. The second kappa shape index (κ2) is 11.9. The first-order chi connectivity index (χ1) is 14.7. The fraction of sp³-hybridized carbons (Fsp3) is 0.652. The van der Waals surface area contributed by atoms with Gasteiger partial charge in [0.05, 0.1) is 12.1 Å². The molecule has 8 heteroatoms. The Kier molecular flexibility index (Phi) is 9.58. The summed E-state index contributed by atoms with van der Waals surface area (Å²) in [4.78, 5) is 26.9. The van der Waals surface area contributed by atoms with Gasteiger partial charge in [0.15, 0.2) is 0 Å². The maximum absolute atomic E-state index is 12.9. The van der Waals surface area contributed by atoms with Gasteiger partial charge in [-0.2, -0.15) is 0 Å². The molecule has 2 amide bonds. The summed E-state index contributed by atoms with van der Waals surface area (Å²) < 4.78 is 21.9. The summed E-state index contributed by atoms with van der Waals surface area (Å²) in [6.45, 7) is 7.96. The minimum atomic E-state index is -0.596. The van der Waals surface area contributed by atoms with E-state index in [4.69, 9.17) is 18.9 Å². The highest BCUT2D eigenvalue weighted by Crippen LogP contribution is 2.28. The molecule has 174 valence electrons. The van der Waals surface area contributed by atoms with E-state index in [0.29, 0.717) is 0 Å². The molecule has 0 aromatic heterocycles. The minimum Gasteiger partial charge on any atom is -0.445 e. The van der Waals surface area contributed by atoms with Crippen molar-refractivity contribution in [2.24, 2.45) is 0 Å². The Labute approximate surface area is 185 Å². The average molecular weight is 437 g/mol. The van der Waals surface area contributed by atoms with Crippen LogP contribution in [0, 0.1) is 0 Å². The van der Waals surface area contributed by atoms with Crippen LogP contribution < -0.4 is 5.32 Å². The molecular formula is C23H36N2O6. The van der Waals surface area contributed by atoms with Crippen LogP contribution in [0.3, 0.4) is 0 Å². The Morgan fingerprint density at radius 2 is 1.90 bits per heavy atom. The van der Waals surface area contributed by atoms with Crippen molar-refractivity contribution in [1.82, 2.24) is 10.2 Å². The standard InChI is InChI=1S/C23H36N2O6/c1-17-10-9-13-19(25(17)22(27)31-23(2,3)4)20(30-16-28-5)14-24-21(26)29-15-18-11-7-6-8-12-18/h6-8,11-12,17,19-20H,9-10,13-16H2,1-5H3,(H,24,26)/t17-,19+,20-/m0/s1. The fourth-order valence-electron chi connectivity index (χ4n) is 3.64. The second-order valence-electron chi connectivity index (χ2n) is 8.79. The highest BCUT2D eigenvalue weighted by atomic mass is 16.7. The van der Waals surface area contributed by atoms with Gasteiger partial charge in [0, 0.05) is 19.7 Å². The monoisotopic (exact) mass is 436 g/mol. The lowest BCUT2D eigenvalue weighted by Gasteiger charge is -2.44. The van der Waals surface area contributed by atoms with Gasteiger partial charge in [-0.3, -0.25) is 4.90 Å². The Hall–Kier alpha value is -2.32. The summed E-state index contributed by atoms with van der Waals surface area (Å²) in [5.74, 6) is 0. The van der Waals surface area contributed by atoms with E-state index in [2.05, 4.69) is 5.32 Å². The van der Waals surface area contributed by atoms with Crippen molar-refractivity contribution >= 4 is 12.2 Å². The third-order valence-electron chi connectivity index (χ3n) is 5.05. The summed E-state index contributed by atoms with van der Waals surface area (Å²) in [6.07, 6.45) is 1.22. The lowest BCUT2D eigenvalue weighted by Crippen LogP contribution is -2.57. The van der Waals surface area contributed by atoms with Crippen LogP contribution in [0.25, 0.3) is 0 Å². The van der Waals surface area contributed by atoms with Crippen LogP contribution in [0.2, 0.25) is 0 Å². The third kappa shape index (κ3) is 8.38. The molecule has 1 heterocycles. The molecule has 0 spiro atoms. The Morgan fingerprint density at radius 1 is 1.19 bits per heavy atom. The van der Waals surface area contributed by atoms with Crippen molar-refractivity contribution < 1.29 is 28.5 Å². The van der Waals surface area contributed by atoms with E-state index in [1.54, 1.807) is 4.90 Å². The first-order valence-electron chi connectivity index (χ1n) is 10.8. The molecule has 0 saturated carbocycles. The van der Waals surface area contributed by atoms with Crippen molar-refractivity contribution in [2.75, 3.05) is 20.4 Å². The maximum Gasteiger partial charge on any atom is 0.410 e. The van der Waals surface area contributed by atoms with Gasteiger partial charge in [0.1, 0.15) is 19.0 Å². The zero-order valence-corrected chi connectivity index (χ0v) is 19.3. The van der Waals surface area contributed by atoms with Crippen molar-refractivity contribution in [2.45, 2.75) is 77.4 Å². The predicted octanol–water partition coefficient (Wildman–Crippen LogP) is 4.08. The molecule has 0 radical (unpaired) electrons. The number of carbonyl (C=O) groups is 2. The fourth-order valence-corrected chi connectivity index (χ4v) is 3.64. The topological polar surface area (TPSA) is 86.3 Å². The predicted molar refractivity (Wildman–Crippen MR) is 117 cm³/mol. The quantitative estimate of drug-likeness (QED) is 0.618. The summed E-state index contributed by atoms with van der Waals surface area (Å²) in [5.41, 5.74) is 0.309. The van der Waals surface area contributed by atoms with Crippen molar-refractivity contribution in [3.63, 3.8) is 0 Å². The van der Waals surface area contributed by atoms with Gasteiger partial charge >= 0.3 is 12.2 Å². The number of likely N-dealkylation sites (tertiary alicyclic amines) is 1. The number of nitrogens with one attached hydrogen (secondary N) is 1. The number of ether oxygens (including phenoxy) is 4. The Morgan fingerprint density at radius 3 is 2.55 bits per heavy atom. The molecule has 0 bridgehead atoms. The number of piperidine rings is 1. The minimum absolute atomic E-state index is 0.00674. The maximum atomic E-state index is 12.9. The van der Waals surface area contributed by atoms with Gasteiger partial charge in [-0.15, -0.1) is 0 Å². The molecule has 1 aliphatic heterocycles. The highest BCUT2D eigenvalue weighted by molar-refractivity contribution is 5.69. The smallest absolute Gasteiger partial charge is 0.410 e. The largest absolute Gasteiger partial charge is 0.445 e. The number of alkyl carbamates (subject to hydrolysis) is 1. The number of methoxy groups -OCH3 is 1. The molecule has 0 unspecified atom stereocenters. The zero-order valence-electron chi connectivity index (χ0n) is 19.3. The molecule has 3 atom stereocenters. The van der Waals surface area contributed by atoms with Crippen LogP contribution >= 0.6 is 0 Å². The SMILES string of the molecule is COCO[C@@H](CNC(=O)OCc1ccccc1)[C@H]1CCC[C@H](C)N1C(=O)OC(C)(C)C. The van der Waals surface area contributed by atoms with Gasteiger partial charge in [-0.05, 0) is 52.5 Å². The van der Waals surface area contributed by atoms with E-state index in [-0.39, 0.29) is 38.1 Å². The van der Waals surface area contributed by atoms with Crippen LogP contribution in [0.4, 0.5) is 9.59 Å². The molecule has 0 aliphatic carbocycles. The molecule has 2 rings (SSSR count). The van der Waals surface area contributed by atoms with Crippen molar-refractivity contribution in [3.8, 4) is 0 Å². The summed E-state index contributed by atoms with van der Waals surface area (Å²) >= 11 is 0. The van der Waals surface area contributed by atoms with Gasteiger partial charge in [0.25, 0.3) is 0 Å². The number of hydrogen-bond donors (Lipinski definition) is 1. The normalized spacial score (nSPS) is 20.1. The van der Waals surface area contributed by atoms with E-state index in [0.717, 1.165) is 24.8 Å². The lowest BCUT2D eigenvalue weighted by molar-refractivity contribution is -0.109. The second-order valence-corrected chi connectivity index (χ2v) is 8.79. The molecular weight excluding hydrogens is 400 g/mol. The van der Waals surface area contributed by atoms with E-state index >= 15 is 0 Å². The molecule has 1 aromatic carbocycles. The first kappa shape index (κ1) is 24.9. The van der Waals surface area contributed by atoms with E-state index in [9.17, 15) is 9.59 Å². The van der Waals surface area contributed by atoms with Crippen molar-refractivity contribution in [1.29, 1.82) is 0 Å². The summed E-state index contributed by atoms with van der Waals surface area (Å²) in [7, 11) is 1.54. The van der Waals surface area contributed by atoms with Crippen molar-refractivity contribution in [3.05, 3.63) is 35.9 Å². The van der Waals surface area contributed by atoms with E-state index in [1.165, 1.54) is 7.11 Å². The third-order valence-corrected chi connectivity index (χ3v) is 5.05. The molecule has 1 N–H and O–H groups in total. The van der Waals surface area contributed by atoms with Gasteiger partial charge in [0.2, 0.25) is 0 Å². The molecule has 1 aliphatic rings. The molecule has 1 saturated heterocycles. The van der Waals surface area contributed by atoms with Gasteiger partial charge < -0.3 is 24.3 Å². The average Bonchev–Trinajstić information content (AvgIpc) is 2.71. The highest BCUT2D eigenvalue weighted by Gasteiger charge is 2.39. The van der Waals surface area contributed by atoms with Crippen LogP contribution in [0.5, 0.6) is 0 Å². The first-order valence-corrected chi connectivity index (χ1v) is 10.8. The van der Waals surface area contributed by atoms with Crippen LogP contribution in [0.1, 0.15) is 52.5 Å². The van der Waals surface area contributed by atoms with E-state index in [1.807, 2.05) is 58.0 Å².